The molecule has 0 bridgehead atoms. The van der Waals surface area contributed by atoms with Gasteiger partial charge in [0.05, 0.1) is 20.4 Å². The van der Waals surface area contributed by atoms with Crippen molar-refractivity contribution < 1.29 is 0 Å². The predicted octanol–water partition coefficient (Wildman–Crippen LogP) is 5.29. The van der Waals surface area contributed by atoms with Gasteiger partial charge in [0, 0.05) is 5.69 Å². The number of fused-ring (bicyclic) bond motifs is 2. The van der Waals surface area contributed by atoms with Crippen LogP contribution in [0.1, 0.15) is 0 Å². The number of benzene rings is 2. The zero-order chi connectivity index (χ0) is 14.2. The van der Waals surface area contributed by atoms with E-state index in [2.05, 4.69) is 16.0 Å². The van der Waals surface area contributed by atoms with E-state index in [9.17, 15) is 0 Å². The van der Waals surface area contributed by atoms with Crippen molar-refractivity contribution in [3.63, 3.8) is 0 Å². The summed E-state index contributed by atoms with van der Waals surface area (Å²) in [6, 6.07) is 14.0. The lowest BCUT2D eigenvalue weighted by molar-refractivity contribution is 1.31. The van der Waals surface area contributed by atoms with E-state index in [1.165, 1.54) is 4.70 Å². The fourth-order valence-corrected chi connectivity index (χ4v) is 6.46. The smallest absolute Gasteiger partial charge is 0.162 e. The van der Waals surface area contributed by atoms with E-state index < -0.39 is 0 Å². The summed E-state index contributed by atoms with van der Waals surface area (Å²) in [6.07, 6.45) is 0. The largest absolute Gasteiger partial charge is 0.399 e. The van der Waals surface area contributed by atoms with E-state index in [4.69, 9.17) is 5.73 Å². The van der Waals surface area contributed by atoms with Gasteiger partial charge in [0.15, 0.2) is 8.68 Å². The predicted molar refractivity (Wildman–Crippen MR) is 95.4 cm³/mol. The SMILES string of the molecule is Nc1ccc2nc(SSc3nc4ccccc4s3)sc2c1. The third-order valence-electron chi connectivity index (χ3n) is 2.85. The van der Waals surface area contributed by atoms with Crippen LogP contribution < -0.4 is 5.73 Å². The van der Waals surface area contributed by atoms with Crippen LogP contribution in [0.2, 0.25) is 0 Å². The molecule has 3 nitrogen and oxygen atoms in total. The maximum atomic E-state index is 5.80. The normalized spacial score (nSPS) is 11.4. The molecule has 2 aromatic carbocycles. The standard InChI is InChI=1S/C14H9N3S4/c15-8-5-6-10-12(7-8)19-14(17-10)21-20-13-16-9-3-1-2-4-11(9)18-13/h1-7H,15H2. The van der Waals surface area contributed by atoms with Gasteiger partial charge >= 0.3 is 0 Å². The van der Waals surface area contributed by atoms with Crippen LogP contribution in [0.5, 0.6) is 0 Å². The Hall–Kier alpha value is -1.28. The van der Waals surface area contributed by atoms with Crippen LogP contribution in [0.3, 0.4) is 0 Å². The maximum Gasteiger partial charge on any atom is 0.162 e. The van der Waals surface area contributed by atoms with Gasteiger partial charge in [0.2, 0.25) is 0 Å². The second kappa shape index (κ2) is 5.49. The molecule has 104 valence electrons. The molecular formula is C14H9N3S4. The van der Waals surface area contributed by atoms with Crippen molar-refractivity contribution in [3.05, 3.63) is 42.5 Å². The number of hydrogen-bond acceptors (Lipinski definition) is 7. The first-order valence-electron chi connectivity index (χ1n) is 6.14. The average molecular weight is 348 g/mol. The van der Waals surface area contributed by atoms with E-state index in [1.807, 2.05) is 36.4 Å². The summed E-state index contributed by atoms with van der Waals surface area (Å²) in [5.74, 6) is 0. The first-order valence-corrected chi connectivity index (χ1v) is 9.92. The molecule has 0 aliphatic rings. The molecule has 0 spiro atoms. The van der Waals surface area contributed by atoms with Gasteiger partial charge in [0.25, 0.3) is 0 Å². The van der Waals surface area contributed by atoms with Gasteiger partial charge in [-0.25, -0.2) is 9.97 Å². The highest BCUT2D eigenvalue weighted by atomic mass is 33.1. The van der Waals surface area contributed by atoms with E-state index in [1.54, 1.807) is 44.3 Å². The van der Waals surface area contributed by atoms with Crippen LogP contribution in [-0.2, 0) is 0 Å². The molecule has 0 fully saturated rings. The Kier molecular flexibility index (Phi) is 3.50. The number of nitrogen functional groups attached to an aromatic ring is 1. The van der Waals surface area contributed by atoms with E-state index >= 15 is 0 Å². The summed E-state index contributed by atoms with van der Waals surface area (Å²) < 4.78 is 4.43. The first-order chi connectivity index (χ1) is 10.3. The number of nitrogens with two attached hydrogens (primary N) is 1. The molecule has 0 atom stereocenters. The zero-order valence-electron chi connectivity index (χ0n) is 10.6. The molecule has 0 aliphatic carbocycles. The molecule has 2 N–H and O–H groups in total. The van der Waals surface area contributed by atoms with E-state index in [0.717, 1.165) is 30.1 Å². The quantitative estimate of drug-likeness (QED) is 0.403. The molecule has 0 radical (unpaired) electrons. The van der Waals surface area contributed by atoms with Gasteiger partial charge in [-0.15, -0.1) is 22.7 Å². The minimum absolute atomic E-state index is 0.779. The van der Waals surface area contributed by atoms with Crippen molar-refractivity contribution in [2.24, 2.45) is 0 Å². The third-order valence-corrected chi connectivity index (χ3v) is 7.88. The molecule has 0 saturated carbocycles. The Balaban J connectivity index is 1.57. The summed E-state index contributed by atoms with van der Waals surface area (Å²) in [5, 5.41) is 0. The monoisotopic (exact) mass is 347 g/mol. The van der Waals surface area contributed by atoms with Crippen LogP contribution in [0, 0.1) is 0 Å². The Morgan fingerprint density at radius 3 is 2.24 bits per heavy atom. The second-order valence-electron chi connectivity index (χ2n) is 4.32. The molecular weight excluding hydrogens is 338 g/mol. The van der Waals surface area contributed by atoms with Crippen molar-refractivity contribution in [2.45, 2.75) is 8.68 Å². The molecule has 0 unspecified atom stereocenters. The second-order valence-corrected chi connectivity index (χ2v) is 9.01. The Morgan fingerprint density at radius 1 is 0.810 bits per heavy atom. The lowest BCUT2D eigenvalue weighted by Crippen LogP contribution is -1.81. The van der Waals surface area contributed by atoms with Crippen LogP contribution >= 0.6 is 44.3 Å². The van der Waals surface area contributed by atoms with Crippen LogP contribution in [0.25, 0.3) is 20.4 Å². The van der Waals surface area contributed by atoms with Gasteiger partial charge in [-0.3, -0.25) is 0 Å². The zero-order valence-corrected chi connectivity index (χ0v) is 13.9. The number of nitrogens with zero attached hydrogens (tertiary/aromatic N) is 2. The topological polar surface area (TPSA) is 51.8 Å². The molecule has 4 rings (SSSR count). The van der Waals surface area contributed by atoms with Crippen molar-refractivity contribution in [1.82, 2.24) is 9.97 Å². The third kappa shape index (κ3) is 2.74. The fourth-order valence-electron chi connectivity index (χ4n) is 1.91. The van der Waals surface area contributed by atoms with Gasteiger partial charge in [-0.05, 0) is 51.9 Å². The Bertz CT molecular complexity index is 895. The van der Waals surface area contributed by atoms with Crippen LogP contribution in [0.15, 0.2) is 51.1 Å². The molecule has 2 heterocycles. The van der Waals surface area contributed by atoms with Crippen molar-refractivity contribution in [3.8, 4) is 0 Å². The summed E-state index contributed by atoms with van der Waals surface area (Å²) in [4.78, 5) is 9.22. The summed E-state index contributed by atoms with van der Waals surface area (Å²) >= 11 is 3.38. The van der Waals surface area contributed by atoms with Crippen LogP contribution in [-0.4, -0.2) is 9.97 Å². The van der Waals surface area contributed by atoms with Crippen LogP contribution in [0.4, 0.5) is 5.69 Å². The van der Waals surface area contributed by atoms with Gasteiger partial charge in [-0.2, -0.15) is 0 Å². The van der Waals surface area contributed by atoms with Gasteiger partial charge < -0.3 is 5.73 Å². The molecule has 0 amide bonds. The molecule has 2 aromatic heterocycles. The highest BCUT2D eigenvalue weighted by molar-refractivity contribution is 8.77. The number of hydrogen-bond donors (Lipinski definition) is 1. The Morgan fingerprint density at radius 2 is 1.48 bits per heavy atom. The highest BCUT2D eigenvalue weighted by Gasteiger charge is 2.09. The lowest BCUT2D eigenvalue weighted by atomic mass is 10.3. The summed E-state index contributed by atoms with van der Waals surface area (Å²) in [6.45, 7) is 0. The fraction of sp³-hybridized carbons (Fsp3) is 0. The summed E-state index contributed by atoms with van der Waals surface area (Å²) in [7, 11) is 3.31. The highest BCUT2D eigenvalue weighted by Crippen LogP contribution is 2.43. The molecule has 0 aliphatic heterocycles. The van der Waals surface area contributed by atoms with Crippen molar-refractivity contribution >= 4 is 70.4 Å². The van der Waals surface area contributed by atoms with Crippen molar-refractivity contribution in [1.29, 1.82) is 0 Å². The minimum Gasteiger partial charge on any atom is -0.399 e. The van der Waals surface area contributed by atoms with E-state index in [0.29, 0.717) is 0 Å². The average Bonchev–Trinajstić information content (AvgIpc) is 3.07. The van der Waals surface area contributed by atoms with E-state index in [-0.39, 0.29) is 0 Å². The number of thiazole rings is 2. The first kappa shape index (κ1) is 13.4. The number of rotatable bonds is 3. The minimum atomic E-state index is 0.779. The van der Waals surface area contributed by atoms with Crippen molar-refractivity contribution in [2.75, 3.05) is 5.73 Å². The summed E-state index contributed by atoms with van der Waals surface area (Å²) in [5.41, 5.74) is 8.64. The number of anilines is 1. The molecule has 4 aromatic rings. The number of aromatic nitrogens is 2. The molecule has 7 heteroatoms. The molecule has 0 saturated heterocycles. The lowest BCUT2D eigenvalue weighted by Gasteiger charge is -1.90. The molecule has 21 heavy (non-hydrogen) atoms. The van der Waals surface area contributed by atoms with Gasteiger partial charge in [0.1, 0.15) is 0 Å². The Labute approximate surface area is 137 Å². The van der Waals surface area contributed by atoms with Gasteiger partial charge in [-0.1, -0.05) is 12.1 Å². The maximum absolute atomic E-state index is 5.80. The number of para-hydroxylation sites is 1.